The molecule has 0 bridgehead atoms. The van der Waals surface area contributed by atoms with E-state index in [1.54, 1.807) is 0 Å². The Morgan fingerprint density at radius 1 is 1.50 bits per heavy atom. The molecule has 0 aromatic heterocycles. The van der Waals surface area contributed by atoms with Crippen molar-refractivity contribution in [3.05, 3.63) is 11.8 Å². The molecule has 1 rings (SSSR count). The molecule has 70 valence electrons. The smallest absolute Gasteiger partial charge is 0.0682 e. The van der Waals surface area contributed by atoms with E-state index < -0.39 is 8.07 Å². The van der Waals surface area contributed by atoms with E-state index in [0.717, 1.165) is 0 Å². The van der Waals surface area contributed by atoms with Gasteiger partial charge in [0.2, 0.25) is 0 Å². The average Bonchev–Trinajstić information content (AvgIpc) is 2.58. The number of allylic oxidation sites excluding steroid dienone is 1. The molecule has 2 unspecified atom stereocenters. The molecule has 0 heterocycles. The molecule has 1 fully saturated rings. The molecule has 0 spiro atoms. The molecule has 1 aliphatic rings. The largest absolute Gasteiger partial charge is 0.396 e. The van der Waals surface area contributed by atoms with Gasteiger partial charge in [0.15, 0.2) is 0 Å². The van der Waals surface area contributed by atoms with Crippen molar-refractivity contribution in [2.24, 2.45) is 11.3 Å². The summed E-state index contributed by atoms with van der Waals surface area (Å²) in [4.78, 5) is 0. The predicted molar refractivity (Wildman–Crippen MR) is 55.8 cm³/mol. The fourth-order valence-corrected chi connectivity index (χ4v) is 2.14. The molecule has 0 radical (unpaired) electrons. The van der Waals surface area contributed by atoms with Crippen molar-refractivity contribution < 1.29 is 5.11 Å². The van der Waals surface area contributed by atoms with Crippen LogP contribution in [0.15, 0.2) is 11.8 Å². The molecule has 1 saturated carbocycles. The van der Waals surface area contributed by atoms with Crippen molar-refractivity contribution in [1.82, 2.24) is 0 Å². The van der Waals surface area contributed by atoms with Crippen LogP contribution in [-0.2, 0) is 0 Å². The van der Waals surface area contributed by atoms with Crippen LogP contribution < -0.4 is 0 Å². The lowest BCUT2D eigenvalue weighted by molar-refractivity contribution is 0.217. The van der Waals surface area contributed by atoms with Gasteiger partial charge in [0, 0.05) is 6.61 Å². The van der Waals surface area contributed by atoms with Crippen LogP contribution in [0.25, 0.3) is 0 Å². The van der Waals surface area contributed by atoms with Crippen LogP contribution in [0.1, 0.15) is 13.3 Å². The van der Waals surface area contributed by atoms with E-state index >= 15 is 0 Å². The van der Waals surface area contributed by atoms with E-state index in [1.807, 2.05) is 0 Å². The van der Waals surface area contributed by atoms with Crippen LogP contribution in [0.5, 0.6) is 0 Å². The van der Waals surface area contributed by atoms with E-state index in [2.05, 4.69) is 38.3 Å². The van der Waals surface area contributed by atoms with Gasteiger partial charge >= 0.3 is 0 Å². The van der Waals surface area contributed by atoms with E-state index in [-0.39, 0.29) is 5.41 Å². The Bertz CT molecular complexity index is 193. The third-order valence-corrected chi connectivity index (χ3v) is 3.80. The molecule has 2 atom stereocenters. The number of aliphatic hydroxyl groups excluding tert-OH is 1. The molecule has 0 aromatic rings. The van der Waals surface area contributed by atoms with Crippen molar-refractivity contribution in [2.75, 3.05) is 6.61 Å². The number of rotatable bonds is 3. The van der Waals surface area contributed by atoms with Crippen LogP contribution in [-0.4, -0.2) is 19.8 Å². The number of hydrogen-bond acceptors (Lipinski definition) is 1. The first kappa shape index (κ1) is 10.0. The summed E-state index contributed by atoms with van der Waals surface area (Å²) < 4.78 is 0. The van der Waals surface area contributed by atoms with Gasteiger partial charge in [0.05, 0.1) is 8.07 Å². The van der Waals surface area contributed by atoms with Crippen molar-refractivity contribution in [3.8, 4) is 0 Å². The Kier molecular flexibility index (Phi) is 2.50. The highest BCUT2D eigenvalue weighted by atomic mass is 28.3. The molecule has 1 N–H and O–H groups in total. The Morgan fingerprint density at radius 2 is 2.08 bits per heavy atom. The molecule has 1 aliphatic carbocycles. The summed E-state index contributed by atoms with van der Waals surface area (Å²) in [6.07, 6.45) is 3.49. The monoisotopic (exact) mass is 184 g/mol. The topological polar surface area (TPSA) is 20.2 Å². The van der Waals surface area contributed by atoms with Crippen LogP contribution in [0.4, 0.5) is 0 Å². The fraction of sp³-hybridized carbons (Fsp3) is 0.800. The third kappa shape index (κ3) is 2.46. The second-order valence-electron chi connectivity index (χ2n) is 5.35. The minimum absolute atomic E-state index is 0.218. The van der Waals surface area contributed by atoms with E-state index in [0.29, 0.717) is 12.5 Å². The van der Waals surface area contributed by atoms with Crippen molar-refractivity contribution in [1.29, 1.82) is 0 Å². The van der Waals surface area contributed by atoms with Crippen molar-refractivity contribution >= 4 is 8.07 Å². The molecular weight excluding hydrogens is 164 g/mol. The van der Waals surface area contributed by atoms with E-state index in [4.69, 9.17) is 5.11 Å². The number of hydrogen-bond donors (Lipinski definition) is 1. The molecule has 0 aromatic carbocycles. The zero-order valence-corrected chi connectivity index (χ0v) is 9.59. The fourth-order valence-electron chi connectivity index (χ4n) is 1.33. The molecule has 2 heteroatoms. The molecule has 12 heavy (non-hydrogen) atoms. The Morgan fingerprint density at radius 3 is 2.42 bits per heavy atom. The summed E-state index contributed by atoms with van der Waals surface area (Å²) in [6, 6.07) is 0. The van der Waals surface area contributed by atoms with Gasteiger partial charge in [-0.3, -0.25) is 0 Å². The van der Waals surface area contributed by atoms with Crippen LogP contribution >= 0.6 is 0 Å². The Labute approximate surface area is 76.5 Å². The summed E-state index contributed by atoms with van der Waals surface area (Å²) in [5.74, 6) is 0.647. The van der Waals surface area contributed by atoms with E-state index in [1.165, 1.54) is 6.42 Å². The van der Waals surface area contributed by atoms with Crippen LogP contribution in [0, 0.1) is 11.3 Å². The van der Waals surface area contributed by atoms with Gasteiger partial charge in [-0.25, -0.2) is 0 Å². The zero-order chi connectivity index (χ0) is 9.41. The lowest BCUT2D eigenvalue weighted by Gasteiger charge is -2.09. The second-order valence-corrected chi connectivity index (χ2v) is 10.4. The van der Waals surface area contributed by atoms with Gasteiger partial charge in [-0.15, -0.1) is 0 Å². The van der Waals surface area contributed by atoms with Gasteiger partial charge < -0.3 is 5.11 Å². The Balaban J connectivity index is 2.42. The first-order valence-corrected chi connectivity index (χ1v) is 8.25. The SMILES string of the molecule is CC1(CO)CC1/C=C/[Si](C)(C)C. The maximum absolute atomic E-state index is 9.04. The lowest BCUT2D eigenvalue weighted by Crippen LogP contribution is -2.15. The third-order valence-electron chi connectivity index (χ3n) is 2.61. The molecule has 0 aliphatic heterocycles. The van der Waals surface area contributed by atoms with Crippen molar-refractivity contribution in [2.45, 2.75) is 33.0 Å². The van der Waals surface area contributed by atoms with Gasteiger partial charge in [0.25, 0.3) is 0 Å². The lowest BCUT2D eigenvalue weighted by atomic mass is 10.1. The number of aliphatic hydroxyl groups is 1. The van der Waals surface area contributed by atoms with E-state index in [9.17, 15) is 0 Å². The minimum atomic E-state index is -1.02. The van der Waals surface area contributed by atoms with Crippen LogP contribution in [0.3, 0.4) is 0 Å². The first-order valence-electron chi connectivity index (χ1n) is 4.68. The zero-order valence-electron chi connectivity index (χ0n) is 8.59. The van der Waals surface area contributed by atoms with Gasteiger partial charge in [0.1, 0.15) is 0 Å². The molecule has 1 nitrogen and oxygen atoms in total. The molecule has 0 saturated heterocycles. The highest BCUT2D eigenvalue weighted by Gasteiger charge is 2.47. The maximum atomic E-state index is 9.04. The Hall–Kier alpha value is -0.0831. The predicted octanol–water partition coefficient (Wildman–Crippen LogP) is 2.44. The van der Waals surface area contributed by atoms with Crippen LogP contribution in [0.2, 0.25) is 19.6 Å². The van der Waals surface area contributed by atoms with Gasteiger partial charge in [-0.2, -0.15) is 0 Å². The summed E-state index contributed by atoms with van der Waals surface area (Å²) in [5, 5.41) is 9.04. The summed E-state index contributed by atoms with van der Waals surface area (Å²) >= 11 is 0. The maximum Gasteiger partial charge on any atom is 0.0682 e. The van der Waals surface area contributed by atoms with Crippen molar-refractivity contribution in [3.63, 3.8) is 0 Å². The highest BCUT2D eigenvalue weighted by molar-refractivity contribution is 6.80. The van der Waals surface area contributed by atoms with Gasteiger partial charge in [-0.05, 0) is 17.8 Å². The average molecular weight is 184 g/mol. The molecular formula is C10H20OSi. The minimum Gasteiger partial charge on any atom is -0.396 e. The second kappa shape index (κ2) is 3.00. The first-order chi connectivity index (χ1) is 5.37. The van der Waals surface area contributed by atoms with Gasteiger partial charge in [-0.1, -0.05) is 38.3 Å². The highest BCUT2D eigenvalue weighted by Crippen LogP contribution is 2.52. The normalized spacial score (nSPS) is 35.9. The molecule has 0 amide bonds. The quantitative estimate of drug-likeness (QED) is 0.668. The standard InChI is InChI=1S/C10H20OSi/c1-10(8-11)7-9(10)5-6-12(2,3)4/h5-6,9,11H,7-8H2,1-4H3/b6-5+. The summed E-state index contributed by atoms with van der Waals surface area (Å²) in [5.41, 5.74) is 2.61. The summed E-state index contributed by atoms with van der Waals surface area (Å²) in [6.45, 7) is 9.51. The summed E-state index contributed by atoms with van der Waals surface area (Å²) in [7, 11) is -1.02.